The lowest BCUT2D eigenvalue weighted by Crippen LogP contribution is -2.20. The maximum Gasteiger partial charge on any atom is 0.434 e. The molecule has 33 heavy (non-hydrogen) atoms. The molecular formula is C23H17F3N4O3. The molecule has 0 saturated heterocycles. The quantitative estimate of drug-likeness (QED) is 0.429. The normalized spacial score (nSPS) is 11.3. The summed E-state index contributed by atoms with van der Waals surface area (Å²) in [7, 11) is 0. The van der Waals surface area contributed by atoms with Crippen LogP contribution in [0.1, 0.15) is 32.2 Å². The highest BCUT2D eigenvalue weighted by molar-refractivity contribution is 6.05. The molecule has 7 nitrogen and oxygen atoms in total. The predicted octanol–water partition coefficient (Wildman–Crippen LogP) is 5.30. The summed E-state index contributed by atoms with van der Waals surface area (Å²) in [6, 6.07) is 15.3. The van der Waals surface area contributed by atoms with Crippen molar-refractivity contribution in [2.75, 3.05) is 10.6 Å². The van der Waals surface area contributed by atoms with Crippen molar-refractivity contribution in [1.82, 2.24) is 9.78 Å². The minimum absolute atomic E-state index is 0.123. The minimum Gasteiger partial charge on any atom is -0.459 e. The Morgan fingerprint density at radius 2 is 1.52 bits per heavy atom. The summed E-state index contributed by atoms with van der Waals surface area (Å²) in [6.45, 7) is 1.81. The van der Waals surface area contributed by atoms with Crippen LogP contribution in [0.15, 0.2) is 77.5 Å². The second-order valence-electron chi connectivity index (χ2n) is 7.11. The number of halogens is 3. The molecule has 2 N–H and O–H groups in total. The molecular weight excluding hydrogens is 437 g/mol. The molecule has 2 amide bonds. The van der Waals surface area contributed by atoms with Gasteiger partial charge in [-0.05, 0) is 55.5 Å². The summed E-state index contributed by atoms with van der Waals surface area (Å²) in [5, 5.41) is 8.83. The van der Waals surface area contributed by atoms with Crippen LogP contribution in [-0.4, -0.2) is 21.6 Å². The molecule has 0 fully saturated rings. The van der Waals surface area contributed by atoms with Crippen LogP contribution in [0, 0.1) is 6.92 Å². The van der Waals surface area contributed by atoms with Crippen molar-refractivity contribution in [3.63, 3.8) is 0 Å². The first-order valence-electron chi connectivity index (χ1n) is 9.71. The largest absolute Gasteiger partial charge is 0.459 e. The Balaban J connectivity index is 1.53. The zero-order valence-corrected chi connectivity index (χ0v) is 17.2. The van der Waals surface area contributed by atoms with E-state index in [9.17, 15) is 22.8 Å². The van der Waals surface area contributed by atoms with E-state index in [0.29, 0.717) is 10.4 Å². The smallest absolute Gasteiger partial charge is 0.434 e. The van der Waals surface area contributed by atoms with Crippen LogP contribution in [0.3, 0.4) is 0 Å². The summed E-state index contributed by atoms with van der Waals surface area (Å²) < 4.78 is 47.1. The number of nitrogens with zero attached hydrogens (tertiary/aromatic N) is 2. The predicted molar refractivity (Wildman–Crippen MR) is 114 cm³/mol. The maximum atomic E-state index is 13.8. The molecule has 2 aromatic heterocycles. The standard InChI is InChI=1S/C23H17F3N4O3/c1-14-4-10-17(11-5-14)30-20(23(24,25)26)18(13-27-30)21(31)28-15-6-8-16(9-7-15)29-22(32)19-3-2-12-33-19/h2-13H,1H3,(H,28,31)(H,29,32). The van der Waals surface area contributed by atoms with Crippen molar-refractivity contribution < 1.29 is 27.2 Å². The molecule has 4 rings (SSSR count). The zero-order valence-electron chi connectivity index (χ0n) is 17.2. The molecule has 0 radical (unpaired) electrons. The number of benzene rings is 2. The van der Waals surface area contributed by atoms with Crippen LogP contribution in [0.5, 0.6) is 0 Å². The van der Waals surface area contributed by atoms with Gasteiger partial charge in [0.2, 0.25) is 0 Å². The first kappa shape index (κ1) is 21.9. The molecule has 0 saturated carbocycles. The molecule has 168 valence electrons. The van der Waals surface area contributed by atoms with Crippen molar-refractivity contribution >= 4 is 23.2 Å². The van der Waals surface area contributed by atoms with Crippen LogP contribution in [-0.2, 0) is 6.18 Å². The molecule has 0 aliphatic carbocycles. The highest BCUT2D eigenvalue weighted by Crippen LogP contribution is 2.34. The second kappa shape index (κ2) is 8.65. The second-order valence-corrected chi connectivity index (χ2v) is 7.11. The van der Waals surface area contributed by atoms with Gasteiger partial charge in [-0.2, -0.15) is 18.3 Å². The lowest BCUT2D eigenvalue weighted by Gasteiger charge is -2.13. The fourth-order valence-corrected chi connectivity index (χ4v) is 3.10. The fourth-order valence-electron chi connectivity index (χ4n) is 3.10. The lowest BCUT2D eigenvalue weighted by atomic mass is 10.2. The number of aryl methyl sites for hydroxylation is 1. The monoisotopic (exact) mass is 454 g/mol. The molecule has 2 heterocycles. The highest BCUT2D eigenvalue weighted by atomic mass is 19.4. The third-order valence-corrected chi connectivity index (χ3v) is 4.71. The van der Waals surface area contributed by atoms with Crippen LogP contribution in [0.2, 0.25) is 0 Å². The number of hydrogen-bond acceptors (Lipinski definition) is 4. The fraction of sp³-hybridized carbons (Fsp3) is 0.0870. The van der Waals surface area contributed by atoms with Gasteiger partial charge in [-0.15, -0.1) is 0 Å². The number of furan rings is 1. The maximum absolute atomic E-state index is 13.8. The summed E-state index contributed by atoms with van der Waals surface area (Å²) in [5.41, 5.74) is -0.0703. The van der Waals surface area contributed by atoms with Crippen molar-refractivity contribution in [2.24, 2.45) is 0 Å². The average molecular weight is 454 g/mol. The Morgan fingerprint density at radius 1 is 0.909 bits per heavy atom. The molecule has 0 atom stereocenters. The molecule has 2 aromatic carbocycles. The molecule has 0 unspecified atom stereocenters. The van der Waals surface area contributed by atoms with Crippen molar-refractivity contribution in [2.45, 2.75) is 13.1 Å². The molecule has 0 spiro atoms. The van der Waals surface area contributed by atoms with Crippen LogP contribution in [0.25, 0.3) is 5.69 Å². The van der Waals surface area contributed by atoms with E-state index in [4.69, 9.17) is 4.42 Å². The number of carbonyl (C=O) groups excluding carboxylic acids is 2. The number of aromatic nitrogens is 2. The van der Waals surface area contributed by atoms with E-state index in [2.05, 4.69) is 15.7 Å². The van der Waals surface area contributed by atoms with E-state index >= 15 is 0 Å². The van der Waals surface area contributed by atoms with Gasteiger partial charge in [0.05, 0.1) is 23.7 Å². The summed E-state index contributed by atoms with van der Waals surface area (Å²) in [6.07, 6.45) is -2.56. The first-order chi connectivity index (χ1) is 15.7. The Kier molecular flexibility index (Phi) is 5.74. The van der Waals surface area contributed by atoms with Gasteiger partial charge in [0.25, 0.3) is 11.8 Å². The number of anilines is 2. The van der Waals surface area contributed by atoms with Crippen molar-refractivity contribution in [3.8, 4) is 5.69 Å². The van der Waals surface area contributed by atoms with Gasteiger partial charge in [-0.1, -0.05) is 17.7 Å². The molecule has 4 aromatic rings. The molecule has 10 heteroatoms. The molecule has 0 bridgehead atoms. The van der Waals surface area contributed by atoms with Gasteiger partial charge in [-0.3, -0.25) is 9.59 Å². The summed E-state index contributed by atoms with van der Waals surface area (Å²) >= 11 is 0. The topological polar surface area (TPSA) is 89.2 Å². The van der Waals surface area contributed by atoms with E-state index in [1.807, 2.05) is 6.92 Å². The summed E-state index contributed by atoms with van der Waals surface area (Å²) in [5.74, 6) is -1.30. The van der Waals surface area contributed by atoms with Gasteiger partial charge in [0, 0.05) is 11.4 Å². The molecule has 0 aliphatic rings. The van der Waals surface area contributed by atoms with Gasteiger partial charge in [0.15, 0.2) is 11.5 Å². The average Bonchev–Trinajstić information content (AvgIpc) is 3.46. The SMILES string of the molecule is Cc1ccc(-n2ncc(C(=O)Nc3ccc(NC(=O)c4ccco4)cc3)c2C(F)(F)F)cc1. The Labute approximate surface area is 185 Å². The number of hydrogen-bond donors (Lipinski definition) is 2. The Hall–Kier alpha value is -4.34. The van der Waals surface area contributed by atoms with Gasteiger partial charge in [-0.25, -0.2) is 4.68 Å². The minimum atomic E-state index is -4.81. The highest BCUT2D eigenvalue weighted by Gasteiger charge is 2.40. The van der Waals surface area contributed by atoms with Crippen molar-refractivity contribution in [1.29, 1.82) is 0 Å². The number of nitrogens with one attached hydrogen (secondary N) is 2. The first-order valence-corrected chi connectivity index (χ1v) is 9.71. The Morgan fingerprint density at radius 3 is 2.06 bits per heavy atom. The third kappa shape index (κ3) is 4.79. The summed E-state index contributed by atoms with van der Waals surface area (Å²) in [4.78, 5) is 24.7. The van der Waals surface area contributed by atoms with Crippen LogP contribution in [0.4, 0.5) is 24.5 Å². The van der Waals surface area contributed by atoms with E-state index in [-0.39, 0.29) is 17.1 Å². The van der Waals surface area contributed by atoms with Crippen molar-refractivity contribution in [3.05, 3.63) is 95.7 Å². The number of rotatable bonds is 5. The third-order valence-electron chi connectivity index (χ3n) is 4.71. The molecule has 0 aliphatic heterocycles. The Bertz CT molecular complexity index is 1280. The lowest BCUT2D eigenvalue weighted by molar-refractivity contribution is -0.143. The van der Waals surface area contributed by atoms with E-state index in [1.165, 1.54) is 48.7 Å². The number of carbonyl (C=O) groups is 2. The van der Waals surface area contributed by atoms with Gasteiger partial charge in [0.1, 0.15) is 0 Å². The van der Waals surface area contributed by atoms with E-state index in [1.54, 1.807) is 18.2 Å². The number of alkyl halides is 3. The number of amides is 2. The van der Waals surface area contributed by atoms with E-state index in [0.717, 1.165) is 11.8 Å². The van der Waals surface area contributed by atoms with Crippen LogP contribution >= 0.6 is 0 Å². The zero-order chi connectivity index (χ0) is 23.6. The van der Waals surface area contributed by atoms with E-state index < -0.39 is 29.2 Å². The van der Waals surface area contributed by atoms with Gasteiger partial charge >= 0.3 is 6.18 Å². The van der Waals surface area contributed by atoms with Gasteiger partial charge < -0.3 is 15.1 Å². The van der Waals surface area contributed by atoms with Crippen LogP contribution < -0.4 is 10.6 Å².